The highest BCUT2D eigenvalue weighted by Crippen LogP contribution is 2.22. The van der Waals surface area contributed by atoms with Crippen LogP contribution in [0, 0.1) is 6.92 Å². The molecule has 2 N–H and O–H groups in total. The fourth-order valence-corrected chi connectivity index (χ4v) is 2.29. The van der Waals surface area contributed by atoms with Crippen molar-refractivity contribution >= 4 is 17.3 Å². The van der Waals surface area contributed by atoms with Gasteiger partial charge in [-0.1, -0.05) is 28.9 Å². The van der Waals surface area contributed by atoms with Gasteiger partial charge >= 0.3 is 0 Å². The minimum Gasteiger partial charge on any atom is -0.399 e. The van der Waals surface area contributed by atoms with Gasteiger partial charge in [0.2, 0.25) is 0 Å². The van der Waals surface area contributed by atoms with Crippen molar-refractivity contribution in [2.24, 2.45) is 0 Å². The Morgan fingerprint density at radius 3 is 2.81 bits per heavy atom. The molecule has 3 rings (SSSR count). The molecule has 0 amide bonds. The average Bonchev–Trinajstić information content (AvgIpc) is 2.90. The average molecular weight is 300 g/mol. The Kier molecular flexibility index (Phi) is 3.62. The van der Waals surface area contributed by atoms with Crippen LogP contribution in [0.1, 0.15) is 17.0 Å². The maximum absolute atomic E-state index is 5.97. The van der Waals surface area contributed by atoms with Gasteiger partial charge in [-0.05, 0) is 48.4 Å². The molecule has 0 bridgehead atoms. The van der Waals surface area contributed by atoms with E-state index in [-0.39, 0.29) is 0 Å². The number of hydrogen-bond donors (Lipinski definition) is 1. The molecule has 1 aromatic heterocycles. The predicted octanol–water partition coefficient (Wildman–Crippen LogP) is 3.87. The number of nitrogen functional groups attached to an aromatic ring is 1. The van der Waals surface area contributed by atoms with E-state index >= 15 is 0 Å². The maximum Gasteiger partial charge on any atom is 0.257 e. The quantitative estimate of drug-likeness (QED) is 0.746. The van der Waals surface area contributed by atoms with Crippen molar-refractivity contribution in [2.75, 3.05) is 5.73 Å². The number of aryl methyl sites for hydroxylation is 1. The lowest BCUT2D eigenvalue weighted by atomic mass is 10.1. The molecule has 0 atom stereocenters. The molecule has 3 aromatic rings. The summed E-state index contributed by atoms with van der Waals surface area (Å²) < 4.78 is 5.31. The van der Waals surface area contributed by atoms with Crippen molar-refractivity contribution in [3.8, 4) is 11.5 Å². The van der Waals surface area contributed by atoms with Gasteiger partial charge in [0, 0.05) is 22.7 Å². The summed E-state index contributed by atoms with van der Waals surface area (Å²) in [5.41, 5.74) is 9.46. The summed E-state index contributed by atoms with van der Waals surface area (Å²) in [5.74, 6) is 1.12. The summed E-state index contributed by atoms with van der Waals surface area (Å²) in [5, 5.41) is 4.71. The van der Waals surface area contributed by atoms with Crippen molar-refractivity contribution in [3.63, 3.8) is 0 Å². The number of rotatable bonds is 3. The van der Waals surface area contributed by atoms with E-state index in [9.17, 15) is 0 Å². The molecule has 0 saturated heterocycles. The first-order valence-electron chi connectivity index (χ1n) is 6.55. The van der Waals surface area contributed by atoms with Gasteiger partial charge in [-0.2, -0.15) is 4.98 Å². The van der Waals surface area contributed by atoms with Gasteiger partial charge in [-0.15, -0.1) is 0 Å². The third-order valence-electron chi connectivity index (χ3n) is 3.24. The van der Waals surface area contributed by atoms with Crippen LogP contribution < -0.4 is 5.73 Å². The van der Waals surface area contributed by atoms with Gasteiger partial charge in [0.15, 0.2) is 5.82 Å². The molecule has 21 heavy (non-hydrogen) atoms. The van der Waals surface area contributed by atoms with Crippen molar-refractivity contribution < 1.29 is 4.52 Å². The fourth-order valence-electron chi connectivity index (χ4n) is 2.08. The van der Waals surface area contributed by atoms with E-state index < -0.39 is 0 Å². The number of nitrogens with two attached hydrogens (primary N) is 1. The Labute approximate surface area is 127 Å². The highest BCUT2D eigenvalue weighted by Gasteiger charge is 2.10. The molecule has 0 spiro atoms. The van der Waals surface area contributed by atoms with Crippen LogP contribution in [0.25, 0.3) is 11.5 Å². The van der Waals surface area contributed by atoms with Crippen LogP contribution in [-0.4, -0.2) is 10.1 Å². The first kappa shape index (κ1) is 13.6. The van der Waals surface area contributed by atoms with E-state index in [1.165, 1.54) is 0 Å². The summed E-state index contributed by atoms with van der Waals surface area (Å²) >= 11 is 5.97. The van der Waals surface area contributed by atoms with Crippen LogP contribution >= 0.6 is 11.6 Å². The number of anilines is 1. The highest BCUT2D eigenvalue weighted by molar-refractivity contribution is 6.30. The normalized spacial score (nSPS) is 10.8. The lowest BCUT2D eigenvalue weighted by Gasteiger charge is -2.00. The van der Waals surface area contributed by atoms with Crippen LogP contribution in [0.2, 0.25) is 5.02 Å². The van der Waals surface area contributed by atoms with Gasteiger partial charge < -0.3 is 10.3 Å². The zero-order valence-corrected chi connectivity index (χ0v) is 12.3. The summed E-state index contributed by atoms with van der Waals surface area (Å²) in [6, 6.07) is 13.3. The smallest absolute Gasteiger partial charge is 0.257 e. The molecule has 0 radical (unpaired) electrons. The summed E-state index contributed by atoms with van der Waals surface area (Å²) in [7, 11) is 0. The Morgan fingerprint density at radius 1 is 1.19 bits per heavy atom. The molecule has 5 heteroatoms. The molecule has 0 aliphatic carbocycles. The van der Waals surface area contributed by atoms with Gasteiger partial charge in [0.05, 0.1) is 0 Å². The summed E-state index contributed by atoms with van der Waals surface area (Å²) in [6.45, 7) is 1.95. The molecule has 0 aliphatic rings. The molecule has 106 valence electrons. The third kappa shape index (κ3) is 3.06. The summed E-state index contributed by atoms with van der Waals surface area (Å²) in [4.78, 5) is 4.41. The Balaban J connectivity index is 1.84. The number of benzene rings is 2. The number of nitrogens with zero attached hydrogens (tertiary/aromatic N) is 2. The second-order valence-electron chi connectivity index (χ2n) is 4.89. The van der Waals surface area contributed by atoms with Crippen LogP contribution in [0.5, 0.6) is 0 Å². The lowest BCUT2D eigenvalue weighted by molar-refractivity contribution is 0.424. The first-order valence-corrected chi connectivity index (χ1v) is 6.93. The minimum absolute atomic E-state index is 0.495. The van der Waals surface area contributed by atoms with Gasteiger partial charge in [-0.25, -0.2) is 0 Å². The predicted molar refractivity (Wildman–Crippen MR) is 83.1 cm³/mol. The second-order valence-corrected chi connectivity index (χ2v) is 5.33. The van der Waals surface area contributed by atoms with E-state index in [0.717, 1.165) is 22.4 Å². The SMILES string of the molecule is Cc1cc(-c2nc(Cc3cccc(Cl)c3)no2)ccc1N. The van der Waals surface area contributed by atoms with Crippen LogP contribution in [-0.2, 0) is 6.42 Å². The number of hydrogen-bond acceptors (Lipinski definition) is 4. The molecule has 0 fully saturated rings. The molecule has 2 aromatic carbocycles. The molecule has 0 saturated carbocycles. The molecule has 1 heterocycles. The van der Waals surface area contributed by atoms with Crippen molar-refractivity contribution in [3.05, 3.63) is 64.4 Å². The first-order chi connectivity index (χ1) is 10.1. The minimum atomic E-state index is 0.495. The monoisotopic (exact) mass is 299 g/mol. The second kappa shape index (κ2) is 5.58. The Bertz CT molecular complexity index is 783. The van der Waals surface area contributed by atoms with Gasteiger partial charge in [0.1, 0.15) is 0 Å². The van der Waals surface area contributed by atoms with Gasteiger partial charge in [0.25, 0.3) is 5.89 Å². The molecular formula is C16H14ClN3O. The van der Waals surface area contributed by atoms with Crippen LogP contribution in [0.4, 0.5) is 5.69 Å². The molecule has 4 nitrogen and oxygen atoms in total. The maximum atomic E-state index is 5.97. The van der Waals surface area contributed by atoms with E-state index in [2.05, 4.69) is 10.1 Å². The largest absolute Gasteiger partial charge is 0.399 e. The van der Waals surface area contributed by atoms with Crippen molar-refractivity contribution in [1.29, 1.82) is 0 Å². The van der Waals surface area contributed by atoms with E-state index in [1.807, 2.05) is 49.4 Å². The van der Waals surface area contributed by atoms with E-state index in [4.69, 9.17) is 21.9 Å². The van der Waals surface area contributed by atoms with Crippen molar-refractivity contribution in [2.45, 2.75) is 13.3 Å². The zero-order valence-electron chi connectivity index (χ0n) is 11.5. The molecule has 0 aliphatic heterocycles. The Hall–Kier alpha value is -2.33. The van der Waals surface area contributed by atoms with Crippen molar-refractivity contribution in [1.82, 2.24) is 10.1 Å². The topological polar surface area (TPSA) is 64.9 Å². The Morgan fingerprint density at radius 2 is 2.05 bits per heavy atom. The van der Waals surface area contributed by atoms with E-state index in [0.29, 0.717) is 23.2 Å². The lowest BCUT2D eigenvalue weighted by Crippen LogP contribution is -1.91. The van der Waals surface area contributed by atoms with Crippen LogP contribution in [0.3, 0.4) is 0 Å². The zero-order chi connectivity index (χ0) is 14.8. The van der Waals surface area contributed by atoms with Crippen LogP contribution in [0.15, 0.2) is 47.0 Å². The fraction of sp³-hybridized carbons (Fsp3) is 0.125. The van der Waals surface area contributed by atoms with E-state index in [1.54, 1.807) is 0 Å². The molecular weight excluding hydrogens is 286 g/mol. The third-order valence-corrected chi connectivity index (χ3v) is 3.47. The highest BCUT2D eigenvalue weighted by atomic mass is 35.5. The summed E-state index contributed by atoms with van der Waals surface area (Å²) in [6.07, 6.45) is 0.581. The molecule has 0 unspecified atom stereocenters. The van der Waals surface area contributed by atoms with Gasteiger partial charge in [-0.3, -0.25) is 0 Å². The number of aromatic nitrogens is 2. The number of halogens is 1. The standard InChI is InChI=1S/C16H14ClN3O/c1-10-7-12(5-6-14(10)18)16-19-15(20-21-16)9-11-3-2-4-13(17)8-11/h2-8H,9,18H2,1H3.